The molecule has 0 fully saturated rings. The van der Waals surface area contributed by atoms with Crippen LogP contribution < -0.4 is 11.1 Å². The van der Waals surface area contributed by atoms with Gasteiger partial charge < -0.3 is 21.2 Å². The molecule has 0 spiro atoms. The Morgan fingerprint density at radius 2 is 1.82 bits per heavy atom. The van der Waals surface area contributed by atoms with Crippen LogP contribution in [0.25, 0.3) is 0 Å². The summed E-state index contributed by atoms with van der Waals surface area (Å²) in [7, 11) is 3.89. The van der Waals surface area contributed by atoms with E-state index in [1.807, 2.05) is 32.8 Å². The highest BCUT2D eigenvalue weighted by Gasteiger charge is 2.34. The first-order valence-electron chi connectivity index (χ1n) is 5.49. The van der Waals surface area contributed by atoms with Crippen LogP contribution in [0.3, 0.4) is 0 Å². The highest BCUT2D eigenvalue weighted by Crippen LogP contribution is 2.16. The van der Waals surface area contributed by atoms with Gasteiger partial charge >= 0.3 is 0 Å². The monoisotopic (exact) mass is 244 g/mol. The predicted octanol–water partition coefficient (Wildman–Crippen LogP) is 0.215. The summed E-state index contributed by atoms with van der Waals surface area (Å²) < 4.78 is 0. The van der Waals surface area contributed by atoms with Crippen LogP contribution in [0.1, 0.15) is 27.7 Å². The minimum Gasteiger partial charge on any atom is -0.409 e. The molecule has 0 rings (SSSR count). The first-order chi connectivity index (χ1) is 7.55. The number of hydrogen-bond acceptors (Lipinski definition) is 4. The van der Waals surface area contributed by atoms with Gasteiger partial charge in [0, 0.05) is 12.1 Å². The zero-order chi connectivity index (χ0) is 13.9. The number of oxime groups is 1. The van der Waals surface area contributed by atoms with Gasteiger partial charge in [0.25, 0.3) is 0 Å². The Kier molecular flexibility index (Phi) is 4.94. The fraction of sp³-hybridized carbons (Fsp3) is 0.818. The molecule has 0 aromatic heterocycles. The third-order valence-electron chi connectivity index (χ3n) is 3.21. The van der Waals surface area contributed by atoms with Crippen molar-refractivity contribution in [3.63, 3.8) is 0 Å². The fourth-order valence-corrected chi connectivity index (χ4v) is 0.917. The summed E-state index contributed by atoms with van der Waals surface area (Å²) >= 11 is 0. The molecule has 1 amide bonds. The molecule has 4 N–H and O–H groups in total. The average molecular weight is 244 g/mol. The Morgan fingerprint density at radius 3 is 2.18 bits per heavy atom. The topological polar surface area (TPSA) is 91.0 Å². The van der Waals surface area contributed by atoms with Crippen molar-refractivity contribution >= 4 is 11.7 Å². The van der Waals surface area contributed by atoms with Crippen molar-refractivity contribution in [1.82, 2.24) is 10.2 Å². The molecule has 0 bridgehead atoms. The van der Waals surface area contributed by atoms with Gasteiger partial charge in [-0.25, -0.2) is 0 Å². The summed E-state index contributed by atoms with van der Waals surface area (Å²) in [4.78, 5) is 14.0. The minimum atomic E-state index is -1.02. The number of nitrogens with two attached hydrogens (primary N) is 1. The molecule has 0 unspecified atom stereocenters. The maximum Gasteiger partial charge on any atom is 0.233 e. The molecular weight excluding hydrogens is 220 g/mol. The van der Waals surface area contributed by atoms with E-state index in [0.29, 0.717) is 6.54 Å². The van der Waals surface area contributed by atoms with E-state index in [1.54, 1.807) is 13.8 Å². The van der Waals surface area contributed by atoms with Crippen molar-refractivity contribution in [3.05, 3.63) is 0 Å². The molecule has 0 aromatic carbocycles. The van der Waals surface area contributed by atoms with E-state index in [0.717, 1.165) is 0 Å². The first kappa shape index (κ1) is 15.7. The molecule has 6 heteroatoms. The van der Waals surface area contributed by atoms with Crippen molar-refractivity contribution in [1.29, 1.82) is 0 Å². The first-order valence-corrected chi connectivity index (χ1v) is 5.49. The normalized spacial score (nSPS) is 13.9. The van der Waals surface area contributed by atoms with Gasteiger partial charge in [0.2, 0.25) is 5.91 Å². The summed E-state index contributed by atoms with van der Waals surface area (Å²) in [6, 6.07) is 0. The van der Waals surface area contributed by atoms with Crippen molar-refractivity contribution in [2.45, 2.75) is 33.2 Å². The Balaban J connectivity index is 4.58. The molecule has 0 aromatic rings. The second-order valence-corrected chi connectivity index (χ2v) is 5.50. The number of carbonyl (C=O) groups is 1. The number of amidine groups is 1. The molecule has 0 aliphatic rings. The number of rotatable bonds is 5. The lowest BCUT2D eigenvalue weighted by Crippen LogP contribution is -2.53. The summed E-state index contributed by atoms with van der Waals surface area (Å²) in [5.41, 5.74) is 4.31. The Bertz CT molecular complexity index is 309. The van der Waals surface area contributed by atoms with Crippen LogP contribution in [0.5, 0.6) is 0 Å². The van der Waals surface area contributed by atoms with Crippen LogP contribution in [0.2, 0.25) is 0 Å². The highest BCUT2D eigenvalue weighted by molar-refractivity contribution is 6.05. The van der Waals surface area contributed by atoms with E-state index in [4.69, 9.17) is 10.9 Å². The SMILES string of the molecule is CN(C)C(C)(C)CNC(=O)C(C)(C)C(N)=NO. The van der Waals surface area contributed by atoms with Crippen LogP contribution in [-0.2, 0) is 4.79 Å². The molecule has 0 saturated heterocycles. The van der Waals surface area contributed by atoms with Gasteiger partial charge in [0.1, 0.15) is 5.41 Å². The van der Waals surface area contributed by atoms with Crippen LogP contribution >= 0.6 is 0 Å². The maximum absolute atomic E-state index is 11.9. The molecule has 0 heterocycles. The summed E-state index contributed by atoms with van der Waals surface area (Å²) in [5.74, 6) is -0.361. The van der Waals surface area contributed by atoms with Crippen LogP contribution in [-0.4, -0.2) is 48.0 Å². The fourth-order valence-electron chi connectivity index (χ4n) is 0.917. The number of carbonyl (C=O) groups excluding carboxylic acids is 1. The summed E-state index contributed by atoms with van der Waals surface area (Å²) in [6.07, 6.45) is 0. The highest BCUT2D eigenvalue weighted by atomic mass is 16.4. The molecule has 0 atom stereocenters. The second-order valence-electron chi connectivity index (χ2n) is 5.50. The van der Waals surface area contributed by atoms with E-state index < -0.39 is 5.41 Å². The number of hydrogen-bond donors (Lipinski definition) is 3. The van der Waals surface area contributed by atoms with Gasteiger partial charge in [-0.15, -0.1) is 0 Å². The summed E-state index contributed by atoms with van der Waals surface area (Å²) in [6.45, 7) is 7.74. The Hall–Kier alpha value is -1.30. The molecule has 0 saturated carbocycles. The molecule has 17 heavy (non-hydrogen) atoms. The Labute approximate surface area is 103 Å². The molecule has 0 radical (unpaired) electrons. The third-order valence-corrected chi connectivity index (χ3v) is 3.21. The van der Waals surface area contributed by atoms with Gasteiger partial charge in [0.05, 0.1) is 0 Å². The van der Waals surface area contributed by atoms with Gasteiger partial charge in [-0.3, -0.25) is 4.79 Å². The van der Waals surface area contributed by atoms with Crippen molar-refractivity contribution < 1.29 is 10.0 Å². The number of likely N-dealkylation sites (N-methyl/N-ethyl adjacent to an activating group) is 1. The zero-order valence-electron chi connectivity index (χ0n) is 11.5. The van der Waals surface area contributed by atoms with E-state index in [9.17, 15) is 4.79 Å². The standard InChI is InChI=1S/C11H24N4O2/c1-10(2,15(5)6)7-13-9(16)11(3,4)8(12)14-17/h17H,7H2,1-6H3,(H2,12,14)(H,13,16). The lowest BCUT2D eigenvalue weighted by atomic mass is 9.90. The van der Waals surface area contributed by atoms with Crippen LogP contribution in [0.4, 0.5) is 0 Å². The van der Waals surface area contributed by atoms with Crippen LogP contribution in [0.15, 0.2) is 5.16 Å². The second kappa shape index (κ2) is 5.35. The molecule has 100 valence electrons. The minimum absolute atomic E-state index is 0.0994. The Morgan fingerprint density at radius 1 is 1.35 bits per heavy atom. The van der Waals surface area contributed by atoms with E-state index in [-0.39, 0.29) is 17.3 Å². The van der Waals surface area contributed by atoms with Crippen molar-refractivity contribution in [2.24, 2.45) is 16.3 Å². The van der Waals surface area contributed by atoms with Crippen molar-refractivity contribution in [3.8, 4) is 0 Å². The number of nitrogens with one attached hydrogen (secondary N) is 1. The molecule has 0 aliphatic heterocycles. The molecule has 0 aliphatic carbocycles. The van der Waals surface area contributed by atoms with Crippen LogP contribution in [0, 0.1) is 5.41 Å². The van der Waals surface area contributed by atoms with E-state index in [1.165, 1.54) is 0 Å². The number of amides is 1. The molecule has 6 nitrogen and oxygen atoms in total. The predicted molar refractivity (Wildman–Crippen MR) is 68.0 cm³/mol. The third kappa shape index (κ3) is 3.89. The smallest absolute Gasteiger partial charge is 0.233 e. The van der Waals surface area contributed by atoms with Gasteiger partial charge in [-0.2, -0.15) is 0 Å². The maximum atomic E-state index is 11.9. The summed E-state index contributed by atoms with van der Waals surface area (Å²) in [5, 5.41) is 14.3. The lowest BCUT2D eigenvalue weighted by molar-refractivity contribution is -0.126. The van der Waals surface area contributed by atoms with E-state index in [2.05, 4.69) is 10.5 Å². The quantitative estimate of drug-likeness (QED) is 0.279. The average Bonchev–Trinajstić information content (AvgIpc) is 2.24. The zero-order valence-corrected chi connectivity index (χ0v) is 11.5. The largest absolute Gasteiger partial charge is 0.409 e. The van der Waals surface area contributed by atoms with E-state index >= 15 is 0 Å². The van der Waals surface area contributed by atoms with Gasteiger partial charge in [0.15, 0.2) is 5.84 Å². The van der Waals surface area contributed by atoms with Gasteiger partial charge in [-0.1, -0.05) is 5.16 Å². The van der Waals surface area contributed by atoms with Gasteiger partial charge in [-0.05, 0) is 41.8 Å². The molecular formula is C11H24N4O2. The van der Waals surface area contributed by atoms with Crippen molar-refractivity contribution in [2.75, 3.05) is 20.6 Å². The lowest BCUT2D eigenvalue weighted by Gasteiger charge is -2.34. The number of nitrogens with zero attached hydrogens (tertiary/aromatic N) is 2.